The van der Waals surface area contributed by atoms with Crippen LogP contribution < -0.4 is 5.32 Å². The lowest BCUT2D eigenvalue weighted by Crippen LogP contribution is -2.14. The van der Waals surface area contributed by atoms with Crippen molar-refractivity contribution in [2.45, 2.75) is 89.4 Å². The smallest absolute Gasteiger partial charge is 0.00775 e. The molecule has 2 saturated carbocycles. The maximum Gasteiger partial charge on any atom is -0.00775 e. The first-order valence-electron chi connectivity index (χ1n) is 8.33. The van der Waals surface area contributed by atoms with Gasteiger partial charge in [-0.15, -0.1) is 8.58 Å². The van der Waals surface area contributed by atoms with E-state index >= 15 is 0 Å². The van der Waals surface area contributed by atoms with Gasteiger partial charge in [0, 0.05) is 0 Å². The van der Waals surface area contributed by atoms with Gasteiger partial charge in [-0.1, -0.05) is 52.4 Å². The highest BCUT2D eigenvalue weighted by Gasteiger charge is 2.20. The summed E-state index contributed by atoms with van der Waals surface area (Å²) in [5, 5.41) is 3.11. The molecule has 1 nitrogen and oxygen atoms in total. The van der Waals surface area contributed by atoms with E-state index in [9.17, 15) is 0 Å². The Kier molecular flexibility index (Phi) is 10.3. The van der Waals surface area contributed by atoms with Gasteiger partial charge < -0.3 is 5.32 Å². The second-order valence-corrected chi connectivity index (χ2v) is 7.76. The van der Waals surface area contributed by atoms with Gasteiger partial charge in [0.25, 0.3) is 0 Å². The zero-order valence-corrected chi connectivity index (χ0v) is 13.6. The molecule has 2 rings (SSSR count). The molecule has 1 N–H and O–H groups in total. The molecule has 2 heteroatoms. The van der Waals surface area contributed by atoms with E-state index in [4.69, 9.17) is 0 Å². The van der Waals surface area contributed by atoms with Crippen molar-refractivity contribution < 1.29 is 0 Å². The van der Waals surface area contributed by atoms with Crippen molar-refractivity contribution in [3.8, 4) is 0 Å². The van der Waals surface area contributed by atoms with E-state index in [0.29, 0.717) is 0 Å². The summed E-state index contributed by atoms with van der Waals surface area (Å²) in [6.45, 7) is 6.39. The Bertz CT molecular complexity index is 154. The van der Waals surface area contributed by atoms with Crippen LogP contribution in [0.4, 0.5) is 0 Å². The number of hydrogen-bond acceptors (Lipinski definition) is 1. The number of nitrogens with one attached hydrogen (secondary N) is 1. The maximum absolute atomic E-state index is 3.11. The van der Waals surface area contributed by atoms with E-state index in [-0.39, 0.29) is 0 Å². The summed E-state index contributed by atoms with van der Waals surface area (Å²) in [6, 6.07) is 0. The highest BCUT2D eigenvalue weighted by Crippen LogP contribution is 2.41. The molecule has 0 aliphatic heterocycles. The molecule has 0 aromatic heterocycles. The second-order valence-electron chi connectivity index (χ2n) is 5.79. The standard InChI is InChI=1S/C12H23P.C4H11N/c1-3-7-11(8-4-1)13-12-9-5-2-6-10-12;1-3-5-4-2/h11-13H,1-10H2;5H,3-4H2,1-2H3. The minimum absolute atomic E-state index is 1.09. The topological polar surface area (TPSA) is 12.0 Å². The first-order valence-corrected chi connectivity index (χ1v) is 9.49. The van der Waals surface area contributed by atoms with E-state index in [0.717, 1.165) is 24.4 Å². The molecule has 0 aromatic rings. The van der Waals surface area contributed by atoms with E-state index in [1.54, 1.807) is 25.7 Å². The van der Waals surface area contributed by atoms with Crippen LogP contribution in [0.5, 0.6) is 0 Å². The number of rotatable bonds is 4. The van der Waals surface area contributed by atoms with Crippen LogP contribution in [0.1, 0.15) is 78.1 Å². The summed E-state index contributed by atoms with van der Waals surface area (Å²) in [6.07, 6.45) is 15.4. The molecular formula is C16H34NP. The summed E-state index contributed by atoms with van der Waals surface area (Å²) in [5.74, 6) is 0. The monoisotopic (exact) mass is 271 g/mol. The highest BCUT2D eigenvalue weighted by molar-refractivity contribution is 7.39. The van der Waals surface area contributed by atoms with Crippen LogP contribution in [0.2, 0.25) is 0 Å². The second kappa shape index (κ2) is 11.2. The minimum atomic E-state index is 1.09. The van der Waals surface area contributed by atoms with Crippen LogP contribution in [-0.4, -0.2) is 24.4 Å². The molecule has 108 valence electrons. The molecule has 2 aliphatic carbocycles. The maximum atomic E-state index is 3.11. The van der Waals surface area contributed by atoms with Crippen molar-refractivity contribution in [2.75, 3.05) is 13.1 Å². The Morgan fingerprint density at radius 2 is 1.11 bits per heavy atom. The molecule has 2 fully saturated rings. The van der Waals surface area contributed by atoms with Crippen molar-refractivity contribution in [3.05, 3.63) is 0 Å². The molecule has 0 atom stereocenters. The van der Waals surface area contributed by atoms with Gasteiger partial charge in [0.05, 0.1) is 0 Å². The summed E-state index contributed by atoms with van der Waals surface area (Å²) < 4.78 is 0. The molecule has 0 spiro atoms. The van der Waals surface area contributed by atoms with E-state index in [2.05, 4.69) is 19.2 Å². The predicted octanol–water partition coefficient (Wildman–Crippen LogP) is 4.95. The minimum Gasteiger partial charge on any atom is -0.317 e. The normalized spacial score (nSPS) is 22.3. The largest absolute Gasteiger partial charge is 0.317 e. The molecule has 0 radical (unpaired) electrons. The van der Waals surface area contributed by atoms with E-state index in [1.165, 1.54) is 47.1 Å². The summed E-state index contributed by atoms with van der Waals surface area (Å²) >= 11 is 0. The Balaban J connectivity index is 0.000000280. The Morgan fingerprint density at radius 1 is 0.722 bits per heavy atom. The van der Waals surface area contributed by atoms with Crippen LogP contribution in [0, 0.1) is 0 Å². The first kappa shape index (κ1) is 16.4. The highest BCUT2D eigenvalue weighted by atomic mass is 31.1. The van der Waals surface area contributed by atoms with Gasteiger partial charge in [-0.2, -0.15) is 0 Å². The summed E-state index contributed by atoms with van der Waals surface area (Å²) in [5.41, 5.74) is 2.30. The van der Waals surface area contributed by atoms with Gasteiger partial charge in [-0.25, -0.2) is 0 Å². The molecule has 0 aromatic carbocycles. The molecule has 18 heavy (non-hydrogen) atoms. The van der Waals surface area contributed by atoms with Crippen LogP contribution in [0.15, 0.2) is 0 Å². The Hall–Kier alpha value is 0.390. The lowest BCUT2D eigenvalue weighted by molar-refractivity contribution is 0.490. The summed E-state index contributed by atoms with van der Waals surface area (Å²) in [4.78, 5) is 0. The molecule has 2 aliphatic rings. The van der Waals surface area contributed by atoms with Gasteiger partial charge in [0.1, 0.15) is 0 Å². The fourth-order valence-corrected chi connectivity index (χ4v) is 5.27. The lowest BCUT2D eigenvalue weighted by Gasteiger charge is -2.28. The molecular weight excluding hydrogens is 237 g/mol. The van der Waals surface area contributed by atoms with Gasteiger partial charge in [-0.05, 0) is 50.1 Å². The Morgan fingerprint density at radius 3 is 1.39 bits per heavy atom. The summed E-state index contributed by atoms with van der Waals surface area (Å²) in [7, 11) is 1.33. The van der Waals surface area contributed by atoms with Gasteiger partial charge in [-0.3, -0.25) is 0 Å². The van der Waals surface area contributed by atoms with Crippen LogP contribution in [-0.2, 0) is 0 Å². The fraction of sp³-hybridized carbons (Fsp3) is 1.00. The lowest BCUT2D eigenvalue weighted by atomic mass is 10.00. The molecule has 0 heterocycles. The third-order valence-electron chi connectivity index (χ3n) is 4.18. The SMILES string of the molecule is C1CCC(PC2CCCCC2)CC1.CCNCC. The van der Waals surface area contributed by atoms with E-state index < -0.39 is 0 Å². The molecule has 0 amide bonds. The average molecular weight is 271 g/mol. The fourth-order valence-electron chi connectivity index (χ4n) is 3.12. The van der Waals surface area contributed by atoms with Gasteiger partial charge >= 0.3 is 0 Å². The Labute approximate surface area is 117 Å². The first-order chi connectivity index (χ1) is 8.86. The quantitative estimate of drug-likeness (QED) is 0.714. The third-order valence-corrected chi connectivity index (χ3v) is 6.28. The number of hydrogen-bond donors (Lipinski definition) is 1. The third kappa shape index (κ3) is 7.74. The van der Waals surface area contributed by atoms with E-state index in [1.807, 2.05) is 0 Å². The van der Waals surface area contributed by atoms with Crippen LogP contribution in [0.25, 0.3) is 0 Å². The predicted molar refractivity (Wildman–Crippen MR) is 86.3 cm³/mol. The van der Waals surface area contributed by atoms with Crippen LogP contribution >= 0.6 is 8.58 Å². The van der Waals surface area contributed by atoms with Crippen LogP contribution in [0.3, 0.4) is 0 Å². The van der Waals surface area contributed by atoms with Crippen molar-refractivity contribution in [3.63, 3.8) is 0 Å². The average Bonchev–Trinajstić information content (AvgIpc) is 2.43. The molecule has 0 bridgehead atoms. The molecule has 0 unspecified atom stereocenters. The van der Waals surface area contributed by atoms with Crippen molar-refractivity contribution in [1.82, 2.24) is 5.32 Å². The van der Waals surface area contributed by atoms with Crippen molar-refractivity contribution in [2.24, 2.45) is 0 Å². The zero-order valence-electron chi connectivity index (χ0n) is 12.6. The van der Waals surface area contributed by atoms with Crippen molar-refractivity contribution in [1.29, 1.82) is 0 Å². The van der Waals surface area contributed by atoms with Crippen molar-refractivity contribution >= 4 is 8.58 Å². The van der Waals surface area contributed by atoms with Gasteiger partial charge in [0.2, 0.25) is 0 Å². The van der Waals surface area contributed by atoms with Gasteiger partial charge in [0.15, 0.2) is 0 Å². The zero-order chi connectivity index (χ0) is 13.1. The molecule has 0 saturated heterocycles.